The van der Waals surface area contributed by atoms with Crippen LogP contribution in [0.1, 0.15) is 36.0 Å². The molecule has 3 aromatic carbocycles. The van der Waals surface area contributed by atoms with Gasteiger partial charge in [-0.2, -0.15) is 0 Å². The number of rotatable bonds is 7. The van der Waals surface area contributed by atoms with Crippen LogP contribution in [-0.4, -0.2) is 36.1 Å². The molecule has 1 amide bonds. The monoisotopic (exact) mass is 459 g/mol. The predicted octanol–water partition coefficient (Wildman–Crippen LogP) is 5.36. The third kappa shape index (κ3) is 5.54. The molecule has 1 aliphatic heterocycles. The van der Waals surface area contributed by atoms with Crippen molar-refractivity contribution in [1.29, 1.82) is 0 Å². The van der Waals surface area contributed by atoms with Crippen molar-refractivity contribution in [2.75, 3.05) is 20.2 Å². The minimum absolute atomic E-state index is 0.0603. The number of aryl methyl sites for hydroxylation is 1. The summed E-state index contributed by atoms with van der Waals surface area (Å²) < 4.78 is 19.1. The molecule has 0 radical (unpaired) electrons. The average Bonchev–Trinajstić information content (AvgIpc) is 2.88. The Morgan fingerprint density at radius 1 is 1.03 bits per heavy atom. The van der Waals surface area contributed by atoms with Crippen LogP contribution in [0, 0.1) is 5.82 Å². The van der Waals surface area contributed by atoms with E-state index in [4.69, 9.17) is 4.74 Å². The Bertz CT molecular complexity index is 1140. The smallest absolute Gasteiger partial charge is 0.246 e. The average molecular weight is 460 g/mol. The fraction of sp³-hybridized carbons (Fsp3) is 0.276. The van der Waals surface area contributed by atoms with E-state index in [0.717, 1.165) is 22.3 Å². The van der Waals surface area contributed by atoms with Crippen molar-refractivity contribution in [3.8, 4) is 5.75 Å². The number of hydrogen-bond acceptors (Lipinski definition) is 3. The molecular weight excluding hydrogens is 429 g/mol. The summed E-state index contributed by atoms with van der Waals surface area (Å²) in [7, 11) is 1.45. The number of halogens is 1. The van der Waals surface area contributed by atoms with Gasteiger partial charge in [-0.1, -0.05) is 66.7 Å². The molecule has 1 aliphatic rings. The van der Waals surface area contributed by atoms with Crippen molar-refractivity contribution in [1.82, 2.24) is 4.90 Å². The van der Waals surface area contributed by atoms with Crippen LogP contribution in [0.4, 0.5) is 4.39 Å². The van der Waals surface area contributed by atoms with E-state index in [0.29, 0.717) is 38.8 Å². The highest BCUT2D eigenvalue weighted by Gasteiger charge is 2.34. The molecule has 176 valence electrons. The van der Waals surface area contributed by atoms with Crippen molar-refractivity contribution in [3.63, 3.8) is 0 Å². The van der Waals surface area contributed by atoms with Gasteiger partial charge < -0.3 is 14.7 Å². The van der Waals surface area contributed by atoms with E-state index < -0.39 is 5.60 Å². The lowest BCUT2D eigenvalue weighted by Gasteiger charge is -2.38. The molecule has 1 heterocycles. The number of carbonyl (C=O) groups is 1. The van der Waals surface area contributed by atoms with Crippen molar-refractivity contribution in [3.05, 3.63) is 107 Å². The molecule has 3 aromatic rings. The largest absolute Gasteiger partial charge is 0.494 e. The standard InChI is InChI=1S/C29H30FNO3/c1-34-27-15-13-22(20-26(27)30)12-14-24(23-8-4-2-5-9-23)21-28(32)31-18-16-29(33,17-19-31)25-10-6-3-7-11-25/h2-11,13,15,20-21,33H,12,14,16-19H2,1H3/b24-21-. The van der Waals surface area contributed by atoms with Gasteiger partial charge in [-0.3, -0.25) is 4.79 Å². The quantitative estimate of drug-likeness (QED) is 0.484. The van der Waals surface area contributed by atoms with Crippen LogP contribution in [-0.2, 0) is 16.8 Å². The van der Waals surface area contributed by atoms with E-state index in [1.165, 1.54) is 13.2 Å². The van der Waals surface area contributed by atoms with Crippen molar-refractivity contribution >= 4 is 11.5 Å². The SMILES string of the molecule is COc1ccc(CC/C(=C/C(=O)N2CCC(O)(c3ccccc3)CC2)c2ccccc2)cc1F. The Morgan fingerprint density at radius 2 is 1.68 bits per heavy atom. The molecule has 0 aromatic heterocycles. The van der Waals surface area contributed by atoms with Crippen LogP contribution >= 0.6 is 0 Å². The fourth-order valence-corrected chi connectivity index (χ4v) is 4.47. The molecule has 1 saturated heterocycles. The summed E-state index contributed by atoms with van der Waals surface area (Å²) in [6.45, 7) is 0.985. The Labute approximate surface area is 200 Å². The molecule has 5 heteroatoms. The Kier molecular flexibility index (Phi) is 7.43. The maximum atomic E-state index is 14.1. The minimum atomic E-state index is -0.900. The summed E-state index contributed by atoms with van der Waals surface area (Å²) in [4.78, 5) is 15.0. The van der Waals surface area contributed by atoms with Gasteiger partial charge in [-0.05, 0) is 60.1 Å². The van der Waals surface area contributed by atoms with Gasteiger partial charge in [-0.15, -0.1) is 0 Å². The molecule has 34 heavy (non-hydrogen) atoms. The normalized spacial score (nSPS) is 15.7. The molecule has 4 nitrogen and oxygen atoms in total. The Balaban J connectivity index is 1.47. The molecular formula is C29H30FNO3. The number of piperidine rings is 1. The topological polar surface area (TPSA) is 49.8 Å². The first-order valence-corrected chi connectivity index (χ1v) is 11.6. The zero-order valence-electron chi connectivity index (χ0n) is 19.4. The first-order chi connectivity index (χ1) is 16.5. The highest BCUT2D eigenvalue weighted by molar-refractivity contribution is 5.95. The molecule has 1 N–H and O–H groups in total. The maximum Gasteiger partial charge on any atom is 0.246 e. The van der Waals surface area contributed by atoms with Gasteiger partial charge in [0.15, 0.2) is 11.6 Å². The predicted molar refractivity (Wildman–Crippen MR) is 132 cm³/mol. The lowest BCUT2D eigenvalue weighted by Crippen LogP contribution is -2.44. The third-order valence-corrected chi connectivity index (χ3v) is 6.55. The fourth-order valence-electron chi connectivity index (χ4n) is 4.47. The second kappa shape index (κ2) is 10.7. The van der Waals surface area contributed by atoms with Crippen LogP contribution in [0.25, 0.3) is 5.57 Å². The van der Waals surface area contributed by atoms with E-state index in [2.05, 4.69) is 0 Å². The molecule has 0 unspecified atom stereocenters. The molecule has 0 spiro atoms. The van der Waals surface area contributed by atoms with E-state index >= 15 is 0 Å². The van der Waals surface area contributed by atoms with Crippen LogP contribution in [0.15, 0.2) is 84.9 Å². The maximum absolute atomic E-state index is 14.1. The second-order valence-corrected chi connectivity index (χ2v) is 8.73. The minimum Gasteiger partial charge on any atom is -0.494 e. The summed E-state index contributed by atoms with van der Waals surface area (Å²) in [5, 5.41) is 11.1. The first kappa shape index (κ1) is 23.7. The van der Waals surface area contributed by atoms with Crippen molar-refractivity contribution < 1.29 is 19.0 Å². The summed E-state index contributed by atoms with van der Waals surface area (Å²) in [5.74, 6) is -0.228. The van der Waals surface area contributed by atoms with Gasteiger partial charge in [0, 0.05) is 19.2 Å². The number of aliphatic hydroxyl groups is 1. The Morgan fingerprint density at radius 3 is 2.29 bits per heavy atom. The molecule has 1 fully saturated rings. The second-order valence-electron chi connectivity index (χ2n) is 8.73. The van der Waals surface area contributed by atoms with Gasteiger partial charge in [-0.25, -0.2) is 4.39 Å². The third-order valence-electron chi connectivity index (χ3n) is 6.55. The number of allylic oxidation sites excluding steroid dienone is 1. The lowest BCUT2D eigenvalue weighted by molar-refractivity contribution is -0.130. The van der Waals surface area contributed by atoms with E-state index in [-0.39, 0.29) is 17.5 Å². The first-order valence-electron chi connectivity index (χ1n) is 11.6. The van der Waals surface area contributed by atoms with E-state index in [1.807, 2.05) is 66.7 Å². The molecule has 0 bridgehead atoms. The number of benzene rings is 3. The number of hydrogen-bond donors (Lipinski definition) is 1. The van der Waals surface area contributed by atoms with Crippen LogP contribution < -0.4 is 4.74 Å². The highest BCUT2D eigenvalue weighted by atomic mass is 19.1. The number of amides is 1. The number of likely N-dealkylation sites (tertiary alicyclic amines) is 1. The van der Waals surface area contributed by atoms with Gasteiger partial charge in [0.1, 0.15) is 0 Å². The van der Waals surface area contributed by atoms with Gasteiger partial charge in [0.05, 0.1) is 12.7 Å². The number of methoxy groups -OCH3 is 1. The van der Waals surface area contributed by atoms with E-state index in [9.17, 15) is 14.3 Å². The van der Waals surface area contributed by atoms with Gasteiger partial charge in [0.2, 0.25) is 5.91 Å². The summed E-state index contributed by atoms with van der Waals surface area (Å²) in [6.07, 6.45) is 3.90. The lowest BCUT2D eigenvalue weighted by atomic mass is 9.84. The number of carbonyl (C=O) groups excluding carboxylic acids is 1. The van der Waals surface area contributed by atoms with E-state index in [1.54, 1.807) is 17.0 Å². The van der Waals surface area contributed by atoms with Crippen LogP contribution in [0.2, 0.25) is 0 Å². The van der Waals surface area contributed by atoms with Crippen LogP contribution in [0.3, 0.4) is 0 Å². The molecule has 4 rings (SSSR count). The summed E-state index contributed by atoms with van der Waals surface area (Å²) in [6, 6.07) is 24.4. The summed E-state index contributed by atoms with van der Waals surface area (Å²) in [5.41, 5.74) is 2.73. The molecule has 0 aliphatic carbocycles. The Hall–Kier alpha value is -3.44. The van der Waals surface area contributed by atoms with Gasteiger partial charge >= 0.3 is 0 Å². The van der Waals surface area contributed by atoms with Crippen molar-refractivity contribution in [2.24, 2.45) is 0 Å². The van der Waals surface area contributed by atoms with Crippen molar-refractivity contribution in [2.45, 2.75) is 31.3 Å². The highest BCUT2D eigenvalue weighted by Crippen LogP contribution is 2.33. The zero-order valence-corrected chi connectivity index (χ0v) is 19.4. The molecule has 0 atom stereocenters. The molecule has 0 saturated carbocycles. The zero-order chi connectivity index (χ0) is 24.0. The number of nitrogens with zero attached hydrogens (tertiary/aromatic N) is 1. The van der Waals surface area contributed by atoms with Gasteiger partial charge in [0.25, 0.3) is 0 Å². The number of ether oxygens (including phenoxy) is 1. The summed E-state index contributed by atoms with van der Waals surface area (Å²) >= 11 is 0. The van der Waals surface area contributed by atoms with Crippen LogP contribution in [0.5, 0.6) is 5.75 Å².